The smallest absolute Gasteiger partial charge is 0.262 e. The molecule has 0 radical (unpaired) electrons. The third-order valence-electron chi connectivity index (χ3n) is 5.73. The Balaban J connectivity index is 1.42. The summed E-state index contributed by atoms with van der Waals surface area (Å²) in [6.07, 6.45) is 3.55. The van der Waals surface area contributed by atoms with E-state index in [2.05, 4.69) is 22.8 Å². The SMILES string of the molecule is COc1ccc(/C=C2/Sc3ccc(C(=O)N[C@@H](C)CCc4ccccc4)cc3NC2=O)cc1OC. The Morgan fingerprint density at radius 3 is 2.54 bits per heavy atom. The largest absolute Gasteiger partial charge is 0.493 e. The molecule has 0 bridgehead atoms. The molecule has 0 aromatic heterocycles. The number of carbonyl (C=O) groups excluding carboxylic acids is 2. The molecule has 1 aliphatic heterocycles. The number of hydrogen-bond donors (Lipinski definition) is 2. The third kappa shape index (κ3) is 6.05. The van der Waals surface area contributed by atoms with Gasteiger partial charge < -0.3 is 20.1 Å². The lowest BCUT2D eigenvalue weighted by atomic mass is 10.1. The Bertz CT molecular complexity index is 1260. The van der Waals surface area contributed by atoms with E-state index in [9.17, 15) is 9.59 Å². The molecule has 6 nitrogen and oxygen atoms in total. The van der Waals surface area contributed by atoms with Gasteiger partial charge in [0.2, 0.25) is 0 Å². The second kappa shape index (κ2) is 11.1. The summed E-state index contributed by atoms with van der Waals surface area (Å²) in [5, 5.41) is 5.97. The third-order valence-corrected chi connectivity index (χ3v) is 6.82. The number of hydrogen-bond acceptors (Lipinski definition) is 5. The number of methoxy groups -OCH3 is 2. The minimum absolute atomic E-state index is 0.0266. The van der Waals surface area contributed by atoms with Crippen molar-refractivity contribution in [2.75, 3.05) is 19.5 Å². The molecule has 0 saturated carbocycles. The van der Waals surface area contributed by atoms with Gasteiger partial charge in [-0.1, -0.05) is 48.2 Å². The van der Waals surface area contributed by atoms with Gasteiger partial charge in [0.1, 0.15) is 0 Å². The lowest BCUT2D eigenvalue weighted by Gasteiger charge is -2.20. The molecule has 0 spiro atoms. The summed E-state index contributed by atoms with van der Waals surface area (Å²) >= 11 is 1.37. The van der Waals surface area contributed by atoms with Gasteiger partial charge >= 0.3 is 0 Å². The first-order valence-electron chi connectivity index (χ1n) is 11.4. The van der Waals surface area contributed by atoms with Gasteiger partial charge in [0, 0.05) is 16.5 Å². The minimum atomic E-state index is -0.217. The van der Waals surface area contributed by atoms with Crippen LogP contribution in [0, 0.1) is 0 Å². The predicted octanol–water partition coefficient (Wildman–Crippen LogP) is 5.54. The lowest BCUT2D eigenvalue weighted by molar-refractivity contribution is -0.112. The van der Waals surface area contributed by atoms with E-state index in [1.165, 1.54) is 17.3 Å². The summed E-state index contributed by atoms with van der Waals surface area (Å²) in [7, 11) is 3.15. The zero-order valence-corrected chi connectivity index (χ0v) is 20.8. The fourth-order valence-electron chi connectivity index (χ4n) is 3.80. The molecule has 0 saturated heterocycles. The van der Waals surface area contributed by atoms with Crippen molar-refractivity contribution in [2.45, 2.75) is 30.7 Å². The molecular weight excluding hydrogens is 460 g/mol. The molecule has 180 valence electrons. The van der Waals surface area contributed by atoms with E-state index in [-0.39, 0.29) is 17.9 Å². The highest BCUT2D eigenvalue weighted by molar-refractivity contribution is 8.04. The fraction of sp³-hybridized carbons (Fsp3) is 0.214. The molecular formula is C28H28N2O4S. The Morgan fingerprint density at radius 1 is 1.03 bits per heavy atom. The molecule has 1 atom stereocenters. The van der Waals surface area contributed by atoms with Crippen LogP contribution in [0.5, 0.6) is 11.5 Å². The number of carbonyl (C=O) groups is 2. The standard InChI is InChI=1S/C28H28N2O4S/c1-18(9-10-19-7-5-4-6-8-19)29-27(31)21-12-14-25-22(17-21)30-28(32)26(35-25)16-20-11-13-23(33-2)24(15-20)34-3/h4-8,11-18H,9-10H2,1-3H3,(H,29,31)(H,30,32)/b26-16+/t18-/m0/s1. The number of amides is 2. The van der Waals surface area contributed by atoms with E-state index in [0.717, 1.165) is 23.3 Å². The first-order valence-corrected chi connectivity index (χ1v) is 12.2. The maximum absolute atomic E-state index is 12.8. The molecule has 2 amide bonds. The highest BCUT2D eigenvalue weighted by Gasteiger charge is 2.23. The summed E-state index contributed by atoms with van der Waals surface area (Å²) in [6.45, 7) is 2.00. The molecule has 1 heterocycles. The normalized spacial score (nSPS) is 14.6. The molecule has 0 aliphatic carbocycles. The van der Waals surface area contributed by atoms with Crippen LogP contribution in [0.25, 0.3) is 6.08 Å². The molecule has 2 N–H and O–H groups in total. The van der Waals surface area contributed by atoms with Crippen LogP contribution in [0.4, 0.5) is 5.69 Å². The fourth-order valence-corrected chi connectivity index (χ4v) is 4.73. The van der Waals surface area contributed by atoms with Gasteiger partial charge in [-0.05, 0) is 67.3 Å². The maximum Gasteiger partial charge on any atom is 0.262 e. The number of benzene rings is 3. The zero-order chi connectivity index (χ0) is 24.8. The van der Waals surface area contributed by atoms with E-state index >= 15 is 0 Å². The van der Waals surface area contributed by atoms with Crippen LogP contribution in [0.2, 0.25) is 0 Å². The summed E-state index contributed by atoms with van der Waals surface area (Å²) in [5.74, 6) is 0.850. The zero-order valence-electron chi connectivity index (χ0n) is 20.0. The molecule has 3 aromatic carbocycles. The number of rotatable bonds is 8. The van der Waals surface area contributed by atoms with Crippen molar-refractivity contribution in [2.24, 2.45) is 0 Å². The van der Waals surface area contributed by atoms with Gasteiger partial charge in [-0.3, -0.25) is 9.59 Å². The van der Waals surface area contributed by atoms with Crippen molar-refractivity contribution >= 4 is 35.3 Å². The summed E-state index contributed by atoms with van der Waals surface area (Å²) < 4.78 is 10.6. The van der Waals surface area contributed by atoms with Gasteiger partial charge in [-0.25, -0.2) is 0 Å². The van der Waals surface area contributed by atoms with Gasteiger partial charge in [0.15, 0.2) is 11.5 Å². The Kier molecular flexibility index (Phi) is 7.77. The monoisotopic (exact) mass is 488 g/mol. The van der Waals surface area contributed by atoms with E-state index in [4.69, 9.17) is 9.47 Å². The van der Waals surface area contributed by atoms with E-state index in [1.54, 1.807) is 38.5 Å². The van der Waals surface area contributed by atoms with Crippen molar-refractivity contribution < 1.29 is 19.1 Å². The van der Waals surface area contributed by atoms with Gasteiger partial charge in [0.05, 0.1) is 24.8 Å². The molecule has 1 aliphatic rings. The van der Waals surface area contributed by atoms with Crippen molar-refractivity contribution in [1.82, 2.24) is 5.32 Å². The van der Waals surface area contributed by atoms with Crippen LogP contribution in [-0.4, -0.2) is 32.1 Å². The molecule has 7 heteroatoms. The highest BCUT2D eigenvalue weighted by Crippen LogP contribution is 2.40. The van der Waals surface area contributed by atoms with Crippen LogP contribution < -0.4 is 20.1 Å². The number of fused-ring (bicyclic) bond motifs is 1. The second-order valence-corrected chi connectivity index (χ2v) is 9.37. The quantitative estimate of drug-likeness (QED) is 0.407. The van der Waals surface area contributed by atoms with E-state index in [0.29, 0.717) is 27.7 Å². The van der Waals surface area contributed by atoms with E-state index in [1.807, 2.05) is 43.3 Å². The Labute approximate surface area is 209 Å². The van der Waals surface area contributed by atoms with Crippen molar-refractivity contribution in [3.8, 4) is 11.5 Å². The molecule has 0 unspecified atom stereocenters. The average Bonchev–Trinajstić information content (AvgIpc) is 2.88. The second-order valence-electron chi connectivity index (χ2n) is 8.29. The molecule has 4 rings (SSSR count). The van der Waals surface area contributed by atoms with E-state index < -0.39 is 0 Å². The summed E-state index contributed by atoms with van der Waals surface area (Å²) in [5.41, 5.74) is 3.22. The maximum atomic E-state index is 12.8. The van der Waals surface area contributed by atoms with Gasteiger partial charge in [-0.15, -0.1) is 0 Å². The molecule has 35 heavy (non-hydrogen) atoms. The molecule has 3 aromatic rings. The highest BCUT2D eigenvalue weighted by atomic mass is 32.2. The lowest BCUT2D eigenvalue weighted by Crippen LogP contribution is -2.33. The first kappa shape index (κ1) is 24.4. The molecule has 0 fully saturated rings. The van der Waals surface area contributed by atoms with Gasteiger partial charge in [-0.2, -0.15) is 0 Å². The van der Waals surface area contributed by atoms with Crippen LogP contribution in [0.15, 0.2) is 76.5 Å². The predicted molar refractivity (Wildman–Crippen MR) is 140 cm³/mol. The Morgan fingerprint density at radius 2 is 1.80 bits per heavy atom. The van der Waals surface area contributed by atoms with Crippen LogP contribution in [0.3, 0.4) is 0 Å². The van der Waals surface area contributed by atoms with Crippen LogP contribution in [-0.2, 0) is 11.2 Å². The summed E-state index contributed by atoms with van der Waals surface area (Å²) in [4.78, 5) is 27.0. The minimum Gasteiger partial charge on any atom is -0.493 e. The number of aryl methyl sites for hydroxylation is 1. The van der Waals surface area contributed by atoms with Crippen molar-refractivity contribution in [3.05, 3.63) is 88.3 Å². The van der Waals surface area contributed by atoms with Crippen LogP contribution >= 0.6 is 11.8 Å². The van der Waals surface area contributed by atoms with Crippen molar-refractivity contribution in [3.63, 3.8) is 0 Å². The topological polar surface area (TPSA) is 76.7 Å². The first-order chi connectivity index (χ1) is 17.0. The number of ether oxygens (including phenoxy) is 2. The Hall–Kier alpha value is -3.71. The summed E-state index contributed by atoms with van der Waals surface area (Å²) in [6, 6.07) is 21.1. The number of nitrogens with one attached hydrogen (secondary N) is 2. The van der Waals surface area contributed by atoms with Crippen LogP contribution in [0.1, 0.15) is 34.8 Å². The van der Waals surface area contributed by atoms with Gasteiger partial charge in [0.25, 0.3) is 11.8 Å². The number of thioether (sulfide) groups is 1. The average molecular weight is 489 g/mol. The van der Waals surface area contributed by atoms with Crippen molar-refractivity contribution in [1.29, 1.82) is 0 Å². The number of anilines is 1.